The van der Waals surface area contributed by atoms with Gasteiger partial charge in [-0.2, -0.15) is 5.10 Å². The van der Waals surface area contributed by atoms with Crippen LogP contribution < -0.4 is 4.74 Å². The van der Waals surface area contributed by atoms with Crippen molar-refractivity contribution >= 4 is 17.7 Å². The Balaban J connectivity index is 2.04. The van der Waals surface area contributed by atoms with Crippen LogP contribution in [0.2, 0.25) is 0 Å². The van der Waals surface area contributed by atoms with Crippen LogP contribution in [0.1, 0.15) is 32.0 Å². The number of benzene rings is 2. The third-order valence-corrected chi connectivity index (χ3v) is 5.68. The van der Waals surface area contributed by atoms with Crippen LogP contribution in [0.3, 0.4) is 0 Å². The Bertz CT molecular complexity index is 1190. The van der Waals surface area contributed by atoms with Gasteiger partial charge in [-0.3, -0.25) is 4.79 Å². The maximum atomic E-state index is 14.3. The van der Waals surface area contributed by atoms with Crippen molar-refractivity contribution in [2.75, 3.05) is 0 Å². The number of rotatable bonds is 5. The summed E-state index contributed by atoms with van der Waals surface area (Å²) >= 11 is 0.211. The smallest absolute Gasteiger partial charge is 0.317 e. The van der Waals surface area contributed by atoms with Gasteiger partial charge in [0.2, 0.25) is 11.7 Å². The summed E-state index contributed by atoms with van der Waals surface area (Å²) in [5, 5.41) is 4.23. The Hall–Kier alpha value is -2.95. The summed E-state index contributed by atoms with van der Waals surface area (Å²) in [5.41, 5.74) is -0.191. The zero-order chi connectivity index (χ0) is 24.7. The molecule has 176 valence electrons. The highest BCUT2D eigenvalue weighted by atomic mass is 32.2. The molecule has 0 bridgehead atoms. The maximum absolute atomic E-state index is 14.3. The van der Waals surface area contributed by atoms with Crippen molar-refractivity contribution in [2.45, 2.75) is 49.4 Å². The molecule has 11 heteroatoms. The fourth-order valence-electron chi connectivity index (χ4n) is 2.84. The van der Waals surface area contributed by atoms with E-state index in [0.717, 1.165) is 12.1 Å². The molecule has 0 spiro atoms. The van der Waals surface area contributed by atoms with Gasteiger partial charge >= 0.3 is 5.97 Å². The van der Waals surface area contributed by atoms with Crippen molar-refractivity contribution in [3.8, 4) is 5.88 Å². The zero-order valence-electron chi connectivity index (χ0n) is 17.9. The van der Waals surface area contributed by atoms with E-state index < -0.39 is 51.3 Å². The summed E-state index contributed by atoms with van der Waals surface area (Å²) < 4.78 is 89.1. The van der Waals surface area contributed by atoms with Crippen molar-refractivity contribution < 1.29 is 35.9 Å². The minimum atomic E-state index is -2.28. The van der Waals surface area contributed by atoms with Gasteiger partial charge in [0, 0.05) is 0 Å². The quantitative estimate of drug-likeness (QED) is 0.189. The third-order valence-electron chi connectivity index (χ3n) is 4.45. The number of halogens is 6. The number of esters is 1. The highest BCUT2D eigenvalue weighted by Crippen LogP contribution is 2.43. The fourth-order valence-corrected chi connectivity index (χ4v) is 3.81. The Kier molecular flexibility index (Phi) is 6.83. The summed E-state index contributed by atoms with van der Waals surface area (Å²) in [5.74, 6) is -12.0. The van der Waals surface area contributed by atoms with E-state index in [2.05, 4.69) is 5.10 Å². The van der Waals surface area contributed by atoms with Crippen molar-refractivity contribution in [3.63, 3.8) is 0 Å². The molecule has 0 amide bonds. The van der Waals surface area contributed by atoms with E-state index in [1.54, 1.807) is 20.8 Å². The van der Waals surface area contributed by atoms with Gasteiger partial charge in [-0.25, -0.2) is 31.0 Å². The van der Waals surface area contributed by atoms with Crippen LogP contribution in [-0.2, 0) is 16.8 Å². The molecule has 0 aliphatic heterocycles. The van der Waals surface area contributed by atoms with E-state index in [-0.39, 0.29) is 34.7 Å². The van der Waals surface area contributed by atoms with Crippen LogP contribution in [0.4, 0.5) is 26.3 Å². The molecule has 0 aliphatic carbocycles. The van der Waals surface area contributed by atoms with Gasteiger partial charge in [0.15, 0.2) is 23.3 Å². The van der Waals surface area contributed by atoms with Crippen LogP contribution >= 0.6 is 11.8 Å². The highest BCUT2D eigenvalue weighted by molar-refractivity contribution is 7.99. The normalized spacial score (nSPS) is 11.7. The standard InChI is InChI=1S/C22H18F6N2O2S/c1-10-19(33-20-17(27)15(25)14(24)16(26)18(20)28)21(30(29-10)22(2,3)4)32-13(31)9-11-5-7-12(23)8-6-11/h5-8H,9H2,1-4H3. The van der Waals surface area contributed by atoms with Gasteiger partial charge in [0.1, 0.15) is 5.82 Å². The van der Waals surface area contributed by atoms with E-state index in [1.165, 1.54) is 23.7 Å². The predicted molar refractivity (Wildman–Crippen MR) is 108 cm³/mol. The first-order valence-electron chi connectivity index (χ1n) is 9.55. The molecule has 4 nitrogen and oxygen atoms in total. The number of aromatic nitrogens is 2. The fraction of sp³-hybridized carbons (Fsp3) is 0.273. The highest BCUT2D eigenvalue weighted by Gasteiger charge is 2.31. The molecule has 0 fully saturated rings. The summed E-state index contributed by atoms with van der Waals surface area (Å²) in [4.78, 5) is 11.3. The number of carbonyl (C=O) groups is 1. The van der Waals surface area contributed by atoms with Crippen molar-refractivity contribution in [2.24, 2.45) is 0 Å². The van der Waals surface area contributed by atoms with Crippen LogP contribution in [0, 0.1) is 41.8 Å². The van der Waals surface area contributed by atoms with Gasteiger partial charge in [-0.15, -0.1) is 0 Å². The first-order chi connectivity index (χ1) is 15.3. The molecule has 1 aromatic heterocycles. The maximum Gasteiger partial charge on any atom is 0.317 e. The second kappa shape index (κ2) is 9.12. The van der Waals surface area contributed by atoms with Gasteiger partial charge in [-0.05, 0) is 45.4 Å². The molecule has 0 atom stereocenters. The van der Waals surface area contributed by atoms with E-state index >= 15 is 0 Å². The topological polar surface area (TPSA) is 44.1 Å². The summed E-state index contributed by atoms with van der Waals surface area (Å²) in [6, 6.07) is 5.09. The van der Waals surface area contributed by atoms with E-state index in [9.17, 15) is 31.1 Å². The van der Waals surface area contributed by atoms with Crippen molar-refractivity contribution in [1.29, 1.82) is 0 Å². The first kappa shape index (κ1) is 24.7. The second-order valence-corrected chi connectivity index (χ2v) is 9.10. The van der Waals surface area contributed by atoms with Gasteiger partial charge in [0.05, 0.1) is 27.4 Å². The molecular formula is C22H18F6N2O2S. The molecular weight excluding hydrogens is 470 g/mol. The molecule has 3 aromatic rings. The number of hydrogen-bond donors (Lipinski definition) is 0. The lowest BCUT2D eigenvalue weighted by molar-refractivity contribution is -0.134. The lowest BCUT2D eigenvalue weighted by Crippen LogP contribution is -2.26. The Morgan fingerprint density at radius 3 is 1.94 bits per heavy atom. The van der Waals surface area contributed by atoms with Crippen LogP contribution in [0.5, 0.6) is 5.88 Å². The Morgan fingerprint density at radius 2 is 1.42 bits per heavy atom. The minimum absolute atomic E-state index is 0.0967. The van der Waals surface area contributed by atoms with Gasteiger partial charge < -0.3 is 4.74 Å². The second-order valence-electron chi connectivity index (χ2n) is 8.08. The van der Waals surface area contributed by atoms with Crippen molar-refractivity contribution in [1.82, 2.24) is 9.78 Å². The van der Waals surface area contributed by atoms with Gasteiger partial charge in [0.25, 0.3) is 0 Å². The Morgan fingerprint density at radius 1 is 0.909 bits per heavy atom. The van der Waals surface area contributed by atoms with E-state index in [1.807, 2.05) is 0 Å². The molecule has 1 heterocycles. The lowest BCUT2D eigenvalue weighted by Gasteiger charge is -2.22. The molecule has 0 saturated heterocycles. The van der Waals surface area contributed by atoms with E-state index in [4.69, 9.17) is 4.74 Å². The summed E-state index contributed by atoms with van der Waals surface area (Å²) in [6.45, 7) is 6.57. The molecule has 2 aromatic carbocycles. The molecule has 0 radical (unpaired) electrons. The summed E-state index contributed by atoms with van der Waals surface area (Å²) in [6.07, 6.45) is -0.263. The molecule has 0 unspecified atom stereocenters. The molecule has 0 N–H and O–H groups in total. The SMILES string of the molecule is Cc1nn(C(C)(C)C)c(OC(=O)Cc2ccc(F)cc2)c1Sc1c(F)c(F)c(F)c(F)c1F. The van der Waals surface area contributed by atoms with Crippen LogP contribution in [0.25, 0.3) is 0 Å². The zero-order valence-corrected chi connectivity index (χ0v) is 18.7. The average Bonchev–Trinajstić information content (AvgIpc) is 3.05. The minimum Gasteiger partial charge on any atom is -0.406 e. The van der Waals surface area contributed by atoms with Crippen molar-refractivity contribution in [3.05, 3.63) is 70.4 Å². The lowest BCUT2D eigenvalue weighted by atomic mass is 10.1. The van der Waals surface area contributed by atoms with Crippen LogP contribution in [0.15, 0.2) is 34.1 Å². The largest absolute Gasteiger partial charge is 0.406 e. The third kappa shape index (κ3) is 5.02. The summed E-state index contributed by atoms with van der Waals surface area (Å²) in [7, 11) is 0. The molecule has 0 aliphatic rings. The monoisotopic (exact) mass is 488 g/mol. The molecule has 33 heavy (non-hydrogen) atoms. The molecule has 3 rings (SSSR count). The van der Waals surface area contributed by atoms with Crippen LogP contribution in [-0.4, -0.2) is 15.7 Å². The number of nitrogens with zero attached hydrogens (tertiary/aromatic N) is 2. The van der Waals surface area contributed by atoms with E-state index in [0.29, 0.717) is 5.56 Å². The Labute approximate surface area is 189 Å². The predicted octanol–water partition coefficient (Wildman–Crippen LogP) is 6.08. The average molecular weight is 488 g/mol. The van der Waals surface area contributed by atoms with Gasteiger partial charge in [-0.1, -0.05) is 23.9 Å². The number of hydrogen-bond acceptors (Lipinski definition) is 4. The number of aryl methyl sites for hydroxylation is 1. The number of ether oxygens (including phenoxy) is 1. The number of carbonyl (C=O) groups excluding carboxylic acids is 1. The molecule has 0 saturated carbocycles. The first-order valence-corrected chi connectivity index (χ1v) is 10.4.